The highest BCUT2D eigenvalue weighted by Crippen LogP contribution is 2.02. The van der Waals surface area contributed by atoms with Gasteiger partial charge >= 0.3 is 0 Å². The largest absolute Gasteiger partial charge is 0.330 e. The average Bonchev–Trinajstić information content (AvgIpc) is 1.95. The minimum Gasteiger partial charge on any atom is -0.330 e. The smallest absolute Gasteiger partial charge is 0.00367 e. The van der Waals surface area contributed by atoms with Crippen molar-refractivity contribution < 1.29 is 0 Å². The first-order valence-electron chi connectivity index (χ1n) is 3.44. The SMILES string of the molecule is [CH2]c1ccc(CCN)cc1. The summed E-state index contributed by atoms with van der Waals surface area (Å²) in [6.07, 6.45) is 0.959. The molecule has 1 radical (unpaired) electrons. The molecule has 1 aromatic carbocycles. The molecule has 1 rings (SSSR count). The number of hydrogen-bond donors (Lipinski definition) is 1. The fourth-order valence-corrected chi connectivity index (χ4v) is 0.873. The highest BCUT2D eigenvalue weighted by atomic mass is 14.5. The van der Waals surface area contributed by atoms with E-state index in [9.17, 15) is 0 Å². The summed E-state index contributed by atoms with van der Waals surface area (Å²) in [4.78, 5) is 0. The summed E-state index contributed by atoms with van der Waals surface area (Å²) in [5, 5.41) is 0. The molecule has 0 amide bonds. The first-order valence-corrected chi connectivity index (χ1v) is 3.44. The van der Waals surface area contributed by atoms with Crippen LogP contribution in [0.3, 0.4) is 0 Å². The molecule has 0 aliphatic carbocycles. The second-order valence-corrected chi connectivity index (χ2v) is 2.36. The van der Waals surface area contributed by atoms with Crippen molar-refractivity contribution in [3.63, 3.8) is 0 Å². The molecule has 0 saturated heterocycles. The van der Waals surface area contributed by atoms with Crippen LogP contribution in [0.1, 0.15) is 11.1 Å². The highest BCUT2D eigenvalue weighted by Gasteiger charge is 1.88. The molecule has 10 heavy (non-hydrogen) atoms. The third-order valence-electron chi connectivity index (χ3n) is 1.46. The van der Waals surface area contributed by atoms with Crippen LogP contribution in [0.15, 0.2) is 24.3 Å². The maximum Gasteiger partial charge on any atom is -0.00367 e. The second kappa shape index (κ2) is 3.37. The van der Waals surface area contributed by atoms with Gasteiger partial charge in [0.25, 0.3) is 0 Å². The van der Waals surface area contributed by atoms with Gasteiger partial charge in [0.1, 0.15) is 0 Å². The van der Waals surface area contributed by atoms with E-state index in [0.29, 0.717) is 0 Å². The monoisotopic (exact) mass is 134 g/mol. The molecule has 0 atom stereocenters. The van der Waals surface area contributed by atoms with Crippen LogP contribution in [0, 0.1) is 6.92 Å². The van der Waals surface area contributed by atoms with E-state index in [0.717, 1.165) is 18.5 Å². The van der Waals surface area contributed by atoms with E-state index in [4.69, 9.17) is 5.73 Å². The second-order valence-electron chi connectivity index (χ2n) is 2.36. The Morgan fingerprint density at radius 2 is 1.80 bits per heavy atom. The molecule has 0 unspecified atom stereocenters. The van der Waals surface area contributed by atoms with Crippen molar-refractivity contribution >= 4 is 0 Å². The maximum absolute atomic E-state index is 5.38. The van der Waals surface area contributed by atoms with Gasteiger partial charge in [-0.3, -0.25) is 0 Å². The molecular weight excluding hydrogens is 122 g/mol. The molecule has 0 saturated carbocycles. The predicted molar refractivity (Wildman–Crippen MR) is 43.7 cm³/mol. The lowest BCUT2D eigenvalue weighted by Gasteiger charge is -1.97. The summed E-state index contributed by atoms with van der Waals surface area (Å²) in [5.41, 5.74) is 7.73. The normalized spacial score (nSPS) is 9.80. The Morgan fingerprint density at radius 1 is 1.20 bits per heavy atom. The fraction of sp³-hybridized carbons (Fsp3) is 0.222. The molecule has 1 nitrogen and oxygen atoms in total. The predicted octanol–water partition coefficient (Wildman–Crippen LogP) is 1.37. The van der Waals surface area contributed by atoms with Gasteiger partial charge in [0.05, 0.1) is 0 Å². The first-order chi connectivity index (χ1) is 4.83. The van der Waals surface area contributed by atoms with Gasteiger partial charge in [0, 0.05) is 0 Å². The zero-order valence-corrected chi connectivity index (χ0v) is 6.01. The topological polar surface area (TPSA) is 26.0 Å². The molecule has 0 heterocycles. The van der Waals surface area contributed by atoms with Crippen LogP contribution < -0.4 is 5.73 Å². The highest BCUT2D eigenvalue weighted by molar-refractivity contribution is 5.24. The third kappa shape index (κ3) is 1.85. The van der Waals surface area contributed by atoms with Gasteiger partial charge in [0.2, 0.25) is 0 Å². The standard InChI is InChI=1S/C9H12N/c1-8-2-4-9(5-3-8)6-7-10/h2-5H,1,6-7,10H2. The van der Waals surface area contributed by atoms with Gasteiger partial charge in [-0.05, 0) is 31.0 Å². The van der Waals surface area contributed by atoms with Crippen LogP contribution >= 0.6 is 0 Å². The Morgan fingerprint density at radius 3 is 2.30 bits per heavy atom. The van der Waals surface area contributed by atoms with Crippen molar-refractivity contribution in [3.8, 4) is 0 Å². The molecule has 0 fully saturated rings. The summed E-state index contributed by atoms with van der Waals surface area (Å²) >= 11 is 0. The van der Waals surface area contributed by atoms with Crippen molar-refractivity contribution in [2.75, 3.05) is 6.54 Å². The fourth-order valence-electron chi connectivity index (χ4n) is 0.873. The van der Waals surface area contributed by atoms with E-state index < -0.39 is 0 Å². The minimum absolute atomic E-state index is 0.719. The van der Waals surface area contributed by atoms with Crippen molar-refractivity contribution in [1.29, 1.82) is 0 Å². The van der Waals surface area contributed by atoms with Crippen molar-refractivity contribution in [3.05, 3.63) is 42.3 Å². The van der Waals surface area contributed by atoms with Crippen LogP contribution in [-0.4, -0.2) is 6.54 Å². The Bertz CT molecular complexity index is 188. The molecule has 0 aliphatic rings. The lowest BCUT2D eigenvalue weighted by molar-refractivity contribution is 0.968. The summed E-state index contributed by atoms with van der Waals surface area (Å²) in [5.74, 6) is 0. The maximum atomic E-state index is 5.38. The first kappa shape index (κ1) is 7.29. The quantitative estimate of drug-likeness (QED) is 0.649. The van der Waals surface area contributed by atoms with Crippen LogP contribution in [0.5, 0.6) is 0 Å². The van der Waals surface area contributed by atoms with E-state index in [1.165, 1.54) is 5.56 Å². The van der Waals surface area contributed by atoms with Gasteiger partial charge in [-0.1, -0.05) is 24.3 Å². The van der Waals surface area contributed by atoms with Gasteiger partial charge in [0.15, 0.2) is 0 Å². The molecular formula is C9H12N. The summed E-state index contributed by atoms with van der Waals surface area (Å²) in [7, 11) is 0. The molecule has 1 aromatic rings. The Balaban J connectivity index is 2.69. The van der Waals surface area contributed by atoms with Crippen LogP contribution in [0.4, 0.5) is 0 Å². The van der Waals surface area contributed by atoms with E-state index >= 15 is 0 Å². The van der Waals surface area contributed by atoms with Gasteiger partial charge in [-0.25, -0.2) is 0 Å². The van der Waals surface area contributed by atoms with Crippen LogP contribution in [-0.2, 0) is 6.42 Å². The van der Waals surface area contributed by atoms with Crippen LogP contribution in [0.25, 0.3) is 0 Å². The van der Waals surface area contributed by atoms with Gasteiger partial charge in [-0.15, -0.1) is 0 Å². The number of rotatable bonds is 2. The summed E-state index contributed by atoms with van der Waals surface area (Å²) in [6.45, 7) is 4.51. The zero-order valence-electron chi connectivity index (χ0n) is 6.01. The minimum atomic E-state index is 0.719. The van der Waals surface area contributed by atoms with E-state index in [1.807, 2.05) is 12.1 Å². The number of benzene rings is 1. The lowest BCUT2D eigenvalue weighted by atomic mass is 10.1. The zero-order chi connectivity index (χ0) is 7.40. The molecule has 53 valence electrons. The molecule has 0 aliphatic heterocycles. The Hall–Kier alpha value is -0.820. The van der Waals surface area contributed by atoms with Gasteiger partial charge in [-0.2, -0.15) is 0 Å². The van der Waals surface area contributed by atoms with Gasteiger partial charge < -0.3 is 5.73 Å². The number of nitrogens with two attached hydrogens (primary N) is 1. The molecule has 1 heteroatoms. The molecule has 0 bridgehead atoms. The Kier molecular flexibility index (Phi) is 2.46. The number of hydrogen-bond acceptors (Lipinski definition) is 1. The lowest BCUT2D eigenvalue weighted by Crippen LogP contribution is -2.02. The van der Waals surface area contributed by atoms with Crippen LogP contribution in [0.2, 0.25) is 0 Å². The van der Waals surface area contributed by atoms with Crippen molar-refractivity contribution in [1.82, 2.24) is 0 Å². The Labute approximate surface area is 61.9 Å². The molecule has 2 N–H and O–H groups in total. The van der Waals surface area contributed by atoms with E-state index in [1.54, 1.807) is 0 Å². The summed E-state index contributed by atoms with van der Waals surface area (Å²) in [6, 6.07) is 8.14. The molecule has 0 spiro atoms. The van der Waals surface area contributed by atoms with Crippen molar-refractivity contribution in [2.45, 2.75) is 6.42 Å². The molecule has 0 aromatic heterocycles. The third-order valence-corrected chi connectivity index (χ3v) is 1.46. The van der Waals surface area contributed by atoms with E-state index in [-0.39, 0.29) is 0 Å². The van der Waals surface area contributed by atoms with Crippen molar-refractivity contribution in [2.24, 2.45) is 5.73 Å². The summed E-state index contributed by atoms with van der Waals surface area (Å²) < 4.78 is 0. The van der Waals surface area contributed by atoms with E-state index in [2.05, 4.69) is 19.1 Å². The average molecular weight is 134 g/mol.